The Morgan fingerprint density at radius 1 is 0.923 bits per heavy atom. The van der Waals surface area contributed by atoms with E-state index < -0.39 is 10.0 Å². The van der Waals surface area contributed by atoms with Gasteiger partial charge < -0.3 is 4.90 Å². The fraction of sp³-hybridized carbons (Fsp3) is 0.350. The lowest BCUT2D eigenvalue weighted by Gasteiger charge is -2.34. The SMILES string of the molecule is N#Cc1ccc(S(=O)(=O)N2CCN(CCCc3ccccc3)CC2)cc1. The monoisotopic (exact) mass is 369 g/mol. The fourth-order valence-corrected chi connectivity index (χ4v) is 4.62. The minimum absolute atomic E-state index is 0.258. The molecule has 136 valence electrons. The summed E-state index contributed by atoms with van der Waals surface area (Å²) in [6.45, 7) is 3.51. The summed E-state index contributed by atoms with van der Waals surface area (Å²) >= 11 is 0. The molecule has 0 bridgehead atoms. The first kappa shape index (κ1) is 18.6. The molecule has 1 fully saturated rings. The van der Waals surface area contributed by atoms with Crippen molar-refractivity contribution in [2.24, 2.45) is 0 Å². The Hall–Kier alpha value is -2.20. The summed E-state index contributed by atoms with van der Waals surface area (Å²) < 4.78 is 27.0. The number of aryl methyl sites for hydroxylation is 1. The average Bonchev–Trinajstić information content (AvgIpc) is 2.69. The van der Waals surface area contributed by atoms with E-state index in [2.05, 4.69) is 29.2 Å². The summed E-state index contributed by atoms with van der Waals surface area (Å²) in [6.07, 6.45) is 2.12. The van der Waals surface area contributed by atoms with Crippen LogP contribution in [0.15, 0.2) is 59.5 Å². The number of benzene rings is 2. The van der Waals surface area contributed by atoms with Crippen LogP contribution in [0.3, 0.4) is 0 Å². The molecular weight excluding hydrogens is 346 g/mol. The summed E-state index contributed by atoms with van der Waals surface area (Å²) in [5.74, 6) is 0. The second-order valence-corrected chi connectivity index (χ2v) is 8.41. The van der Waals surface area contributed by atoms with Crippen molar-refractivity contribution < 1.29 is 8.42 Å². The summed E-state index contributed by atoms with van der Waals surface area (Å²) in [4.78, 5) is 2.59. The lowest BCUT2D eigenvalue weighted by atomic mass is 10.1. The molecule has 0 spiro atoms. The van der Waals surface area contributed by atoms with Gasteiger partial charge in [0.2, 0.25) is 10.0 Å². The van der Waals surface area contributed by atoms with Crippen LogP contribution in [0.25, 0.3) is 0 Å². The number of piperazine rings is 1. The van der Waals surface area contributed by atoms with E-state index in [1.807, 2.05) is 12.1 Å². The van der Waals surface area contributed by atoms with Crippen LogP contribution in [0.4, 0.5) is 0 Å². The van der Waals surface area contributed by atoms with Crippen LogP contribution in [-0.4, -0.2) is 50.3 Å². The van der Waals surface area contributed by atoms with Crippen molar-refractivity contribution in [2.45, 2.75) is 17.7 Å². The van der Waals surface area contributed by atoms with Crippen molar-refractivity contribution in [3.63, 3.8) is 0 Å². The molecule has 2 aromatic rings. The zero-order valence-electron chi connectivity index (χ0n) is 14.7. The molecule has 6 heteroatoms. The van der Waals surface area contributed by atoms with E-state index in [9.17, 15) is 8.42 Å². The Morgan fingerprint density at radius 2 is 1.58 bits per heavy atom. The number of hydrogen-bond acceptors (Lipinski definition) is 4. The molecule has 0 saturated carbocycles. The molecule has 2 aromatic carbocycles. The largest absolute Gasteiger partial charge is 0.301 e. The van der Waals surface area contributed by atoms with Crippen LogP contribution < -0.4 is 0 Å². The van der Waals surface area contributed by atoms with Gasteiger partial charge in [0.25, 0.3) is 0 Å². The molecule has 26 heavy (non-hydrogen) atoms. The predicted molar refractivity (Wildman–Crippen MR) is 101 cm³/mol. The van der Waals surface area contributed by atoms with Gasteiger partial charge in [-0.15, -0.1) is 0 Å². The van der Waals surface area contributed by atoms with Gasteiger partial charge >= 0.3 is 0 Å². The van der Waals surface area contributed by atoms with Gasteiger partial charge in [-0.25, -0.2) is 8.42 Å². The van der Waals surface area contributed by atoms with Crippen molar-refractivity contribution in [3.05, 3.63) is 65.7 Å². The molecular formula is C20H23N3O2S. The summed E-state index contributed by atoms with van der Waals surface area (Å²) in [6, 6.07) is 18.6. The minimum Gasteiger partial charge on any atom is -0.301 e. The molecule has 1 heterocycles. The van der Waals surface area contributed by atoms with Crippen LogP contribution >= 0.6 is 0 Å². The molecule has 5 nitrogen and oxygen atoms in total. The van der Waals surface area contributed by atoms with E-state index >= 15 is 0 Å². The lowest BCUT2D eigenvalue weighted by Crippen LogP contribution is -2.48. The zero-order chi connectivity index (χ0) is 18.4. The van der Waals surface area contributed by atoms with E-state index in [0.29, 0.717) is 18.7 Å². The van der Waals surface area contributed by atoms with Crippen LogP contribution in [-0.2, 0) is 16.4 Å². The van der Waals surface area contributed by atoms with E-state index in [1.165, 1.54) is 17.7 Å². The number of sulfonamides is 1. The van der Waals surface area contributed by atoms with Crippen molar-refractivity contribution >= 4 is 10.0 Å². The molecule has 0 N–H and O–H groups in total. The van der Waals surface area contributed by atoms with Gasteiger partial charge in [-0.05, 0) is 49.2 Å². The first-order chi connectivity index (χ1) is 12.6. The molecule has 0 radical (unpaired) electrons. The first-order valence-electron chi connectivity index (χ1n) is 8.86. The summed E-state index contributed by atoms with van der Waals surface area (Å²) in [5, 5.41) is 8.84. The summed E-state index contributed by atoms with van der Waals surface area (Å²) in [7, 11) is -3.48. The maximum Gasteiger partial charge on any atom is 0.243 e. The molecule has 1 saturated heterocycles. The van der Waals surface area contributed by atoms with E-state index in [0.717, 1.165) is 32.5 Å². The highest BCUT2D eigenvalue weighted by Gasteiger charge is 2.28. The average molecular weight is 369 g/mol. The Bertz CT molecular complexity index is 850. The van der Waals surface area contributed by atoms with Crippen LogP contribution in [0.1, 0.15) is 17.5 Å². The van der Waals surface area contributed by atoms with Crippen molar-refractivity contribution in [1.29, 1.82) is 5.26 Å². The highest BCUT2D eigenvalue weighted by molar-refractivity contribution is 7.89. The molecule has 3 rings (SSSR count). The zero-order valence-corrected chi connectivity index (χ0v) is 15.5. The second-order valence-electron chi connectivity index (χ2n) is 6.47. The smallest absolute Gasteiger partial charge is 0.243 e. The second kappa shape index (κ2) is 8.45. The number of nitriles is 1. The quantitative estimate of drug-likeness (QED) is 0.785. The standard InChI is InChI=1S/C20H23N3O2S/c21-17-19-8-10-20(11-9-19)26(24,25)23-15-13-22(14-16-23)12-4-7-18-5-2-1-3-6-18/h1-3,5-6,8-11H,4,7,12-16H2. The van der Waals surface area contributed by atoms with Gasteiger partial charge in [0, 0.05) is 26.2 Å². The highest BCUT2D eigenvalue weighted by atomic mass is 32.2. The third kappa shape index (κ3) is 4.50. The third-order valence-corrected chi connectivity index (χ3v) is 6.65. The molecule has 1 aliphatic heterocycles. The van der Waals surface area contributed by atoms with Crippen LogP contribution in [0.5, 0.6) is 0 Å². The fourth-order valence-electron chi connectivity index (χ4n) is 3.20. The van der Waals surface area contributed by atoms with E-state index in [-0.39, 0.29) is 4.90 Å². The van der Waals surface area contributed by atoms with Crippen molar-refractivity contribution in [1.82, 2.24) is 9.21 Å². The molecule has 0 aromatic heterocycles. The molecule has 0 atom stereocenters. The number of rotatable bonds is 6. The maximum absolute atomic E-state index is 12.7. The summed E-state index contributed by atoms with van der Waals surface area (Å²) in [5.41, 5.74) is 1.81. The molecule has 0 amide bonds. The number of nitrogens with zero attached hydrogens (tertiary/aromatic N) is 3. The van der Waals surface area contributed by atoms with Gasteiger partial charge in [0.1, 0.15) is 0 Å². The van der Waals surface area contributed by atoms with Gasteiger partial charge in [0.15, 0.2) is 0 Å². The van der Waals surface area contributed by atoms with Gasteiger partial charge in [0.05, 0.1) is 16.5 Å². The molecule has 0 unspecified atom stereocenters. The topological polar surface area (TPSA) is 64.4 Å². The van der Waals surface area contributed by atoms with Crippen molar-refractivity contribution in [3.8, 4) is 6.07 Å². The van der Waals surface area contributed by atoms with Crippen LogP contribution in [0, 0.1) is 11.3 Å². The van der Waals surface area contributed by atoms with Crippen molar-refractivity contribution in [2.75, 3.05) is 32.7 Å². The highest BCUT2D eigenvalue weighted by Crippen LogP contribution is 2.18. The minimum atomic E-state index is -3.48. The predicted octanol–water partition coefficient (Wildman–Crippen LogP) is 2.50. The van der Waals surface area contributed by atoms with Gasteiger partial charge in [-0.1, -0.05) is 30.3 Å². The Morgan fingerprint density at radius 3 is 2.19 bits per heavy atom. The van der Waals surface area contributed by atoms with Gasteiger partial charge in [-0.3, -0.25) is 0 Å². The lowest BCUT2D eigenvalue weighted by molar-refractivity contribution is 0.187. The Labute approximate surface area is 155 Å². The molecule has 0 aliphatic carbocycles. The third-order valence-electron chi connectivity index (χ3n) is 4.74. The van der Waals surface area contributed by atoms with Crippen LogP contribution in [0.2, 0.25) is 0 Å². The normalized spacial score (nSPS) is 16.3. The Balaban J connectivity index is 1.50. The maximum atomic E-state index is 12.7. The van der Waals surface area contributed by atoms with Gasteiger partial charge in [-0.2, -0.15) is 9.57 Å². The van der Waals surface area contributed by atoms with E-state index in [4.69, 9.17) is 5.26 Å². The Kier molecular flexibility index (Phi) is 6.04. The van der Waals surface area contributed by atoms with E-state index in [1.54, 1.807) is 16.4 Å². The molecule has 1 aliphatic rings. The number of hydrogen-bond donors (Lipinski definition) is 0. The first-order valence-corrected chi connectivity index (χ1v) is 10.3.